The molecule has 0 amide bonds. The minimum Gasteiger partial charge on any atom is -0.352 e. The van der Waals surface area contributed by atoms with Crippen LogP contribution in [0.5, 0.6) is 0 Å². The van der Waals surface area contributed by atoms with Crippen LogP contribution < -0.4 is 9.80 Å². The van der Waals surface area contributed by atoms with Gasteiger partial charge in [-0.2, -0.15) is 0 Å². The fourth-order valence-electron chi connectivity index (χ4n) is 2.93. The average Bonchev–Trinajstić information content (AvgIpc) is 3.01. The number of benzene rings is 1. The number of para-hydroxylation sites is 1. The third-order valence-electron chi connectivity index (χ3n) is 4.18. The van der Waals surface area contributed by atoms with Gasteiger partial charge in [-0.05, 0) is 26.0 Å². The second kappa shape index (κ2) is 5.77. The van der Waals surface area contributed by atoms with E-state index in [1.807, 2.05) is 26.1 Å². The number of aryl methyl sites for hydroxylation is 2. The molecule has 23 heavy (non-hydrogen) atoms. The van der Waals surface area contributed by atoms with Crippen molar-refractivity contribution in [1.82, 2.24) is 15.0 Å². The highest BCUT2D eigenvalue weighted by Gasteiger charge is 2.22. The molecule has 1 aromatic carbocycles. The molecule has 1 aliphatic heterocycles. The van der Waals surface area contributed by atoms with E-state index in [9.17, 15) is 0 Å². The summed E-state index contributed by atoms with van der Waals surface area (Å²) in [6.07, 6.45) is 1.83. The van der Waals surface area contributed by atoms with Gasteiger partial charge in [0.1, 0.15) is 5.82 Å². The summed E-state index contributed by atoms with van der Waals surface area (Å²) in [4.78, 5) is 18.6. The minimum absolute atomic E-state index is 0.953. The highest BCUT2D eigenvalue weighted by molar-refractivity contribution is 7.22. The number of hydrogen-bond donors (Lipinski definition) is 0. The molecule has 2 aromatic heterocycles. The Kier molecular flexibility index (Phi) is 3.61. The number of anilines is 2. The van der Waals surface area contributed by atoms with Gasteiger partial charge in [-0.3, -0.25) is 4.98 Å². The van der Waals surface area contributed by atoms with Crippen molar-refractivity contribution in [2.45, 2.75) is 13.8 Å². The van der Waals surface area contributed by atoms with Gasteiger partial charge in [-0.15, -0.1) is 0 Å². The van der Waals surface area contributed by atoms with Crippen molar-refractivity contribution in [3.05, 3.63) is 41.9 Å². The smallest absolute Gasteiger partial charge is 0.186 e. The molecule has 3 heterocycles. The van der Waals surface area contributed by atoms with Crippen LogP contribution in [-0.4, -0.2) is 41.1 Å². The van der Waals surface area contributed by atoms with E-state index in [-0.39, 0.29) is 0 Å². The van der Waals surface area contributed by atoms with Crippen LogP contribution >= 0.6 is 11.3 Å². The Hall–Kier alpha value is -2.21. The lowest BCUT2D eigenvalue weighted by atomic mass is 10.3. The van der Waals surface area contributed by atoms with E-state index in [1.165, 1.54) is 4.70 Å². The maximum Gasteiger partial charge on any atom is 0.186 e. The van der Waals surface area contributed by atoms with E-state index >= 15 is 0 Å². The number of piperazine rings is 1. The molecule has 1 saturated heterocycles. The summed E-state index contributed by atoms with van der Waals surface area (Å²) in [5.41, 5.74) is 3.07. The molecule has 118 valence electrons. The lowest BCUT2D eigenvalue weighted by Crippen LogP contribution is -2.47. The first-order valence-electron chi connectivity index (χ1n) is 7.86. The molecule has 5 nitrogen and oxygen atoms in total. The topological polar surface area (TPSA) is 45.2 Å². The van der Waals surface area contributed by atoms with Crippen molar-refractivity contribution < 1.29 is 0 Å². The van der Waals surface area contributed by atoms with Crippen LogP contribution in [0.3, 0.4) is 0 Å². The summed E-state index contributed by atoms with van der Waals surface area (Å²) >= 11 is 1.77. The summed E-state index contributed by atoms with van der Waals surface area (Å²) < 4.78 is 1.25. The quantitative estimate of drug-likeness (QED) is 0.725. The molecule has 4 rings (SSSR count). The maximum atomic E-state index is 4.76. The zero-order valence-corrected chi connectivity index (χ0v) is 14.2. The Morgan fingerprint density at radius 2 is 1.70 bits per heavy atom. The molecule has 0 atom stereocenters. The highest BCUT2D eigenvalue weighted by atomic mass is 32.1. The van der Waals surface area contributed by atoms with Crippen molar-refractivity contribution in [2.24, 2.45) is 0 Å². The molecule has 3 aromatic rings. The predicted molar refractivity (Wildman–Crippen MR) is 95.6 cm³/mol. The third-order valence-corrected chi connectivity index (χ3v) is 5.28. The van der Waals surface area contributed by atoms with E-state index in [1.54, 1.807) is 11.3 Å². The molecule has 0 saturated carbocycles. The lowest BCUT2D eigenvalue weighted by molar-refractivity contribution is 0.642. The second-order valence-electron chi connectivity index (χ2n) is 5.86. The van der Waals surface area contributed by atoms with Crippen molar-refractivity contribution in [3.8, 4) is 0 Å². The van der Waals surface area contributed by atoms with Gasteiger partial charge in [0.25, 0.3) is 0 Å². The second-order valence-corrected chi connectivity index (χ2v) is 6.87. The van der Waals surface area contributed by atoms with Gasteiger partial charge < -0.3 is 9.80 Å². The number of fused-ring (bicyclic) bond motifs is 1. The van der Waals surface area contributed by atoms with Crippen LogP contribution in [0.4, 0.5) is 10.9 Å². The lowest BCUT2D eigenvalue weighted by Gasteiger charge is -2.35. The largest absolute Gasteiger partial charge is 0.352 e. The normalized spacial score (nSPS) is 15.4. The molecule has 1 aliphatic rings. The molecular weight excluding hydrogens is 306 g/mol. The van der Waals surface area contributed by atoms with E-state index < -0.39 is 0 Å². The third kappa shape index (κ3) is 2.74. The SMILES string of the molecule is Cc1cnc(C)c(N2CCN(c3nc4ccccc4s3)CC2)n1. The number of nitrogens with zero attached hydrogens (tertiary/aromatic N) is 5. The number of rotatable bonds is 2. The fraction of sp³-hybridized carbons (Fsp3) is 0.353. The molecule has 0 aliphatic carbocycles. The summed E-state index contributed by atoms with van der Waals surface area (Å²) in [6.45, 7) is 7.86. The van der Waals surface area contributed by atoms with Crippen LogP contribution in [0, 0.1) is 13.8 Å². The molecule has 0 unspecified atom stereocenters. The predicted octanol–water partition coefficient (Wildman–Crippen LogP) is 3.03. The van der Waals surface area contributed by atoms with Crippen LogP contribution in [0.1, 0.15) is 11.4 Å². The summed E-state index contributed by atoms with van der Waals surface area (Å²) in [5, 5.41) is 1.12. The van der Waals surface area contributed by atoms with Gasteiger partial charge in [-0.25, -0.2) is 9.97 Å². The molecule has 0 N–H and O–H groups in total. The Balaban J connectivity index is 1.51. The van der Waals surface area contributed by atoms with E-state index in [4.69, 9.17) is 4.98 Å². The van der Waals surface area contributed by atoms with Gasteiger partial charge in [0.15, 0.2) is 5.13 Å². The van der Waals surface area contributed by atoms with Gasteiger partial charge in [-0.1, -0.05) is 23.5 Å². The number of aromatic nitrogens is 3. The Labute approximate surface area is 139 Å². The van der Waals surface area contributed by atoms with Crippen molar-refractivity contribution in [2.75, 3.05) is 36.0 Å². The molecule has 1 fully saturated rings. The standard InChI is InChI=1S/C17H19N5S/c1-12-11-18-13(2)16(19-12)21-7-9-22(10-8-21)17-20-14-5-3-4-6-15(14)23-17/h3-6,11H,7-10H2,1-2H3. The van der Waals surface area contributed by atoms with Crippen LogP contribution in [0.25, 0.3) is 10.2 Å². The van der Waals surface area contributed by atoms with Gasteiger partial charge in [0.2, 0.25) is 0 Å². The monoisotopic (exact) mass is 325 g/mol. The van der Waals surface area contributed by atoms with Crippen molar-refractivity contribution in [1.29, 1.82) is 0 Å². The molecule has 0 bridgehead atoms. The van der Waals surface area contributed by atoms with Crippen LogP contribution in [-0.2, 0) is 0 Å². The Morgan fingerprint density at radius 3 is 2.48 bits per heavy atom. The van der Waals surface area contributed by atoms with Gasteiger partial charge in [0, 0.05) is 32.4 Å². The molecule has 6 heteroatoms. The van der Waals surface area contributed by atoms with Gasteiger partial charge in [0.05, 0.1) is 21.6 Å². The zero-order chi connectivity index (χ0) is 15.8. The Morgan fingerprint density at radius 1 is 0.957 bits per heavy atom. The van der Waals surface area contributed by atoms with E-state index in [0.29, 0.717) is 0 Å². The first-order valence-corrected chi connectivity index (χ1v) is 8.68. The van der Waals surface area contributed by atoms with Crippen molar-refractivity contribution >= 4 is 32.5 Å². The van der Waals surface area contributed by atoms with Gasteiger partial charge >= 0.3 is 0 Å². The van der Waals surface area contributed by atoms with Crippen LogP contribution in [0.15, 0.2) is 30.5 Å². The van der Waals surface area contributed by atoms with E-state index in [0.717, 1.165) is 54.0 Å². The zero-order valence-electron chi connectivity index (χ0n) is 13.4. The number of thiazole rings is 1. The Bertz CT molecular complexity index is 803. The summed E-state index contributed by atoms with van der Waals surface area (Å²) in [5.74, 6) is 1.02. The van der Waals surface area contributed by atoms with Crippen molar-refractivity contribution in [3.63, 3.8) is 0 Å². The summed E-state index contributed by atoms with van der Waals surface area (Å²) in [6, 6.07) is 8.33. The molecular formula is C17H19N5S. The first kappa shape index (κ1) is 14.4. The molecule has 0 radical (unpaired) electrons. The fourth-order valence-corrected chi connectivity index (χ4v) is 3.95. The highest BCUT2D eigenvalue weighted by Crippen LogP contribution is 2.29. The number of hydrogen-bond acceptors (Lipinski definition) is 6. The van der Waals surface area contributed by atoms with Crippen LogP contribution in [0.2, 0.25) is 0 Å². The maximum absolute atomic E-state index is 4.76. The molecule has 0 spiro atoms. The average molecular weight is 325 g/mol. The summed E-state index contributed by atoms with van der Waals surface area (Å²) in [7, 11) is 0. The first-order chi connectivity index (χ1) is 11.2. The van der Waals surface area contributed by atoms with E-state index in [2.05, 4.69) is 38.0 Å². The minimum atomic E-state index is 0.953.